The molecule has 14 heavy (non-hydrogen) atoms. The minimum atomic E-state index is 0.726. The molecule has 3 nitrogen and oxygen atoms in total. The summed E-state index contributed by atoms with van der Waals surface area (Å²) in [6.07, 6.45) is 4.67. The number of piperidine rings is 1. The molecule has 1 aliphatic heterocycles. The molecular weight excluding hydrogens is 174 g/mol. The summed E-state index contributed by atoms with van der Waals surface area (Å²) in [4.78, 5) is 6.83. The largest absolute Gasteiger partial charge is 0.387 e. The van der Waals surface area contributed by atoms with Crippen molar-refractivity contribution in [2.24, 2.45) is 16.6 Å². The highest BCUT2D eigenvalue weighted by molar-refractivity contribution is 5.80. The van der Waals surface area contributed by atoms with Crippen molar-refractivity contribution in [3.63, 3.8) is 0 Å². The zero-order valence-electron chi connectivity index (χ0n) is 9.50. The first-order valence-electron chi connectivity index (χ1n) is 5.69. The van der Waals surface area contributed by atoms with Gasteiger partial charge in [-0.15, -0.1) is 0 Å². The molecule has 82 valence electrons. The third-order valence-corrected chi connectivity index (χ3v) is 2.78. The number of amidine groups is 1. The molecule has 2 N–H and O–H groups in total. The van der Waals surface area contributed by atoms with Crippen LogP contribution in [0.25, 0.3) is 0 Å². The van der Waals surface area contributed by atoms with Crippen molar-refractivity contribution in [3.8, 4) is 0 Å². The number of likely N-dealkylation sites (tertiary alicyclic amines) is 1. The van der Waals surface area contributed by atoms with Gasteiger partial charge in [0, 0.05) is 19.5 Å². The highest BCUT2D eigenvalue weighted by atomic mass is 15.1. The number of hydrogen-bond acceptors (Lipinski definition) is 2. The molecule has 1 rings (SSSR count). The summed E-state index contributed by atoms with van der Waals surface area (Å²) in [6.45, 7) is 5.49. The maximum atomic E-state index is 5.77. The van der Waals surface area contributed by atoms with Crippen molar-refractivity contribution < 1.29 is 0 Å². The molecule has 0 saturated carbocycles. The number of aliphatic imine (C=N–C) groups is 1. The molecule has 1 atom stereocenters. The van der Waals surface area contributed by atoms with E-state index in [4.69, 9.17) is 5.73 Å². The van der Waals surface area contributed by atoms with Crippen molar-refractivity contribution in [3.05, 3.63) is 0 Å². The van der Waals surface area contributed by atoms with Crippen molar-refractivity contribution in [2.75, 3.05) is 26.7 Å². The second-order valence-corrected chi connectivity index (χ2v) is 4.35. The second-order valence-electron chi connectivity index (χ2n) is 4.35. The number of nitrogens with zero attached hydrogens (tertiary/aromatic N) is 2. The maximum Gasteiger partial charge on any atom is 0.0937 e. The predicted octanol–water partition coefficient (Wildman–Crippen LogP) is 1.49. The Hall–Kier alpha value is -0.570. The number of hydrogen-bond donors (Lipinski definition) is 1. The lowest BCUT2D eigenvalue weighted by molar-refractivity contribution is 0.214. The van der Waals surface area contributed by atoms with Crippen LogP contribution in [0, 0.1) is 5.92 Å². The van der Waals surface area contributed by atoms with Gasteiger partial charge in [0.1, 0.15) is 0 Å². The molecule has 0 aromatic heterocycles. The lowest BCUT2D eigenvalue weighted by Gasteiger charge is -2.28. The predicted molar refractivity (Wildman–Crippen MR) is 61.6 cm³/mol. The van der Waals surface area contributed by atoms with Crippen LogP contribution < -0.4 is 5.73 Å². The lowest BCUT2D eigenvalue weighted by atomic mass is 9.99. The van der Waals surface area contributed by atoms with Crippen LogP contribution in [0.4, 0.5) is 0 Å². The van der Waals surface area contributed by atoms with Crippen LogP contribution >= 0.6 is 0 Å². The third-order valence-electron chi connectivity index (χ3n) is 2.78. The van der Waals surface area contributed by atoms with Gasteiger partial charge in [-0.3, -0.25) is 4.99 Å². The van der Waals surface area contributed by atoms with Gasteiger partial charge in [-0.25, -0.2) is 0 Å². The van der Waals surface area contributed by atoms with E-state index in [1.54, 1.807) is 0 Å². The van der Waals surface area contributed by atoms with Crippen LogP contribution in [-0.2, 0) is 0 Å². The molecule has 0 bridgehead atoms. The Bertz CT molecular complexity index is 189. The van der Waals surface area contributed by atoms with Gasteiger partial charge in [0.15, 0.2) is 0 Å². The Morgan fingerprint density at radius 1 is 1.57 bits per heavy atom. The summed E-state index contributed by atoms with van der Waals surface area (Å²) in [5.74, 6) is 1.56. The molecule has 0 amide bonds. The van der Waals surface area contributed by atoms with Gasteiger partial charge >= 0.3 is 0 Å². The molecule has 1 aliphatic rings. The molecule has 1 saturated heterocycles. The minimum absolute atomic E-state index is 0.726. The summed E-state index contributed by atoms with van der Waals surface area (Å²) >= 11 is 0. The Kier molecular flexibility index (Phi) is 4.94. The van der Waals surface area contributed by atoms with E-state index in [1.807, 2.05) is 0 Å². The fourth-order valence-electron chi connectivity index (χ4n) is 2.00. The van der Waals surface area contributed by atoms with E-state index in [0.717, 1.165) is 31.1 Å². The van der Waals surface area contributed by atoms with E-state index >= 15 is 0 Å². The van der Waals surface area contributed by atoms with Gasteiger partial charge in [-0.1, -0.05) is 6.92 Å². The van der Waals surface area contributed by atoms with Crippen molar-refractivity contribution in [1.29, 1.82) is 0 Å². The molecule has 0 aromatic rings. The fraction of sp³-hybridized carbons (Fsp3) is 0.909. The lowest BCUT2D eigenvalue weighted by Crippen LogP contribution is -2.33. The topological polar surface area (TPSA) is 41.6 Å². The van der Waals surface area contributed by atoms with E-state index in [0.29, 0.717) is 0 Å². The average molecular weight is 197 g/mol. The van der Waals surface area contributed by atoms with Crippen LogP contribution in [0.2, 0.25) is 0 Å². The van der Waals surface area contributed by atoms with E-state index in [-0.39, 0.29) is 0 Å². The van der Waals surface area contributed by atoms with Crippen molar-refractivity contribution in [1.82, 2.24) is 4.90 Å². The van der Waals surface area contributed by atoms with Gasteiger partial charge in [-0.2, -0.15) is 0 Å². The van der Waals surface area contributed by atoms with Crippen LogP contribution in [0.1, 0.15) is 32.6 Å². The monoisotopic (exact) mass is 197 g/mol. The van der Waals surface area contributed by atoms with Crippen molar-refractivity contribution >= 4 is 5.84 Å². The van der Waals surface area contributed by atoms with Gasteiger partial charge in [-0.05, 0) is 38.8 Å². The van der Waals surface area contributed by atoms with Crippen LogP contribution in [0.15, 0.2) is 4.99 Å². The van der Waals surface area contributed by atoms with E-state index in [9.17, 15) is 0 Å². The number of nitrogens with two attached hydrogens (primary N) is 1. The van der Waals surface area contributed by atoms with Crippen LogP contribution in [0.3, 0.4) is 0 Å². The van der Waals surface area contributed by atoms with E-state index < -0.39 is 0 Å². The highest BCUT2D eigenvalue weighted by Gasteiger charge is 2.16. The number of rotatable bonds is 4. The van der Waals surface area contributed by atoms with Crippen molar-refractivity contribution in [2.45, 2.75) is 32.6 Å². The molecule has 1 heterocycles. The average Bonchev–Trinajstić information content (AvgIpc) is 2.15. The summed E-state index contributed by atoms with van der Waals surface area (Å²) in [5, 5.41) is 0. The quantitative estimate of drug-likeness (QED) is 0.548. The van der Waals surface area contributed by atoms with E-state index in [1.165, 1.54) is 25.9 Å². The first-order chi connectivity index (χ1) is 6.72. The molecule has 0 spiro atoms. The third kappa shape index (κ3) is 4.09. The van der Waals surface area contributed by atoms with E-state index in [2.05, 4.69) is 23.9 Å². The molecule has 3 heteroatoms. The Morgan fingerprint density at radius 3 is 3.00 bits per heavy atom. The van der Waals surface area contributed by atoms with Gasteiger partial charge in [0.2, 0.25) is 0 Å². The summed E-state index contributed by atoms with van der Waals surface area (Å²) in [5.41, 5.74) is 5.77. The zero-order chi connectivity index (χ0) is 10.4. The molecule has 0 radical (unpaired) electrons. The molecular formula is C11H23N3. The summed E-state index contributed by atoms with van der Waals surface area (Å²) in [7, 11) is 2.19. The molecule has 0 aromatic carbocycles. The Labute approximate surface area is 87.4 Å². The van der Waals surface area contributed by atoms with Crippen LogP contribution in [-0.4, -0.2) is 37.4 Å². The second kappa shape index (κ2) is 6.02. The summed E-state index contributed by atoms with van der Waals surface area (Å²) in [6, 6.07) is 0. The molecule has 1 fully saturated rings. The smallest absolute Gasteiger partial charge is 0.0937 e. The minimum Gasteiger partial charge on any atom is -0.387 e. The normalized spacial score (nSPS) is 25.3. The summed E-state index contributed by atoms with van der Waals surface area (Å²) < 4.78 is 0. The first-order valence-corrected chi connectivity index (χ1v) is 5.69. The molecule has 1 unspecified atom stereocenters. The van der Waals surface area contributed by atoms with Crippen LogP contribution in [0.5, 0.6) is 0 Å². The first kappa shape index (κ1) is 11.5. The van der Waals surface area contributed by atoms with Gasteiger partial charge in [0.25, 0.3) is 0 Å². The fourth-order valence-corrected chi connectivity index (χ4v) is 2.00. The Morgan fingerprint density at radius 2 is 2.36 bits per heavy atom. The highest BCUT2D eigenvalue weighted by Crippen LogP contribution is 2.15. The zero-order valence-corrected chi connectivity index (χ0v) is 9.50. The standard InChI is InChI=1S/C11H23N3/c1-3-5-11(12)13-8-10-6-4-7-14(2)9-10/h10H,3-9H2,1-2H3,(H2,12,13). The Balaban J connectivity index is 2.26. The molecule has 0 aliphatic carbocycles. The van der Waals surface area contributed by atoms with Gasteiger partial charge in [0.05, 0.1) is 5.84 Å². The van der Waals surface area contributed by atoms with Gasteiger partial charge < -0.3 is 10.6 Å². The SMILES string of the molecule is CCCC(N)=NCC1CCCN(C)C1. The maximum absolute atomic E-state index is 5.77.